The Kier molecular flexibility index (Phi) is 3.45. The Morgan fingerprint density at radius 1 is 1.28 bits per heavy atom. The Hall–Kier alpha value is -2.12. The molecule has 0 aliphatic rings. The standard InChI is InChI=1S/C14H14FN3/c1-18(2)14(8-16)11-7-13(17-9-11)10-3-5-12(15)6-4-10/h3-7,9,14,17H,1-2H3. The molecular formula is C14H14FN3. The lowest BCUT2D eigenvalue weighted by atomic mass is 10.1. The van der Waals surface area contributed by atoms with Crippen LogP contribution in [0.3, 0.4) is 0 Å². The zero-order valence-electron chi connectivity index (χ0n) is 10.3. The van der Waals surface area contributed by atoms with Crippen molar-refractivity contribution >= 4 is 0 Å². The Bertz CT molecular complexity index is 563. The smallest absolute Gasteiger partial charge is 0.124 e. The van der Waals surface area contributed by atoms with Crippen LogP contribution in [0.5, 0.6) is 0 Å². The van der Waals surface area contributed by atoms with Gasteiger partial charge in [0, 0.05) is 17.5 Å². The molecule has 0 spiro atoms. The van der Waals surface area contributed by atoms with E-state index in [1.807, 2.05) is 31.3 Å². The molecule has 2 aromatic rings. The second-order valence-corrected chi connectivity index (χ2v) is 4.35. The molecule has 1 N–H and O–H groups in total. The van der Waals surface area contributed by atoms with Crippen LogP contribution in [-0.2, 0) is 0 Å². The molecule has 0 aliphatic heterocycles. The molecule has 92 valence electrons. The van der Waals surface area contributed by atoms with Crippen molar-refractivity contribution in [3.8, 4) is 17.3 Å². The van der Waals surface area contributed by atoms with E-state index >= 15 is 0 Å². The van der Waals surface area contributed by atoms with Crippen molar-refractivity contribution in [3.63, 3.8) is 0 Å². The first-order chi connectivity index (χ1) is 8.61. The minimum Gasteiger partial charge on any atom is -0.361 e. The third kappa shape index (κ3) is 2.41. The molecule has 0 aliphatic carbocycles. The number of hydrogen-bond acceptors (Lipinski definition) is 2. The lowest BCUT2D eigenvalue weighted by Crippen LogP contribution is -2.17. The van der Waals surface area contributed by atoms with Gasteiger partial charge in [0.15, 0.2) is 0 Å². The molecule has 3 nitrogen and oxygen atoms in total. The zero-order valence-corrected chi connectivity index (χ0v) is 10.3. The van der Waals surface area contributed by atoms with Gasteiger partial charge in [-0.1, -0.05) is 0 Å². The van der Waals surface area contributed by atoms with Crippen LogP contribution in [0, 0.1) is 17.1 Å². The largest absolute Gasteiger partial charge is 0.361 e. The van der Waals surface area contributed by atoms with Gasteiger partial charge >= 0.3 is 0 Å². The number of halogens is 1. The highest BCUT2D eigenvalue weighted by Crippen LogP contribution is 2.24. The van der Waals surface area contributed by atoms with Crippen LogP contribution in [0.4, 0.5) is 4.39 Å². The quantitative estimate of drug-likeness (QED) is 0.900. The van der Waals surface area contributed by atoms with Crippen molar-refractivity contribution in [1.82, 2.24) is 9.88 Å². The second-order valence-electron chi connectivity index (χ2n) is 4.35. The highest BCUT2D eigenvalue weighted by Gasteiger charge is 2.14. The number of benzene rings is 1. The van der Waals surface area contributed by atoms with E-state index in [0.29, 0.717) is 0 Å². The van der Waals surface area contributed by atoms with E-state index in [9.17, 15) is 4.39 Å². The Balaban J connectivity index is 2.31. The predicted octanol–water partition coefficient (Wildman–Crippen LogP) is 2.95. The molecule has 1 unspecified atom stereocenters. The van der Waals surface area contributed by atoms with Crippen molar-refractivity contribution in [2.45, 2.75) is 6.04 Å². The number of aromatic amines is 1. The van der Waals surface area contributed by atoms with Gasteiger partial charge in [0.05, 0.1) is 6.07 Å². The number of aromatic nitrogens is 1. The first-order valence-electron chi connectivity index (χ1n) is 5.62. The maximum Gasteiger partial charge on any atom is 0.124 e. The number of nitriles is 1. The van der Waals surface area contributed by atoms with Crippen molar-refractivity contribution in [2.24, 2.45) is 0 Å². The van der Waals surface area contributed by atoms with Crippen molar-refractivity contribution in [3.05, 3.63) is 47.9 Å². The average Bonchev–Trinajstić information content (AvgIpc) is 2.80. The first-order valence-corrected chi connectivity index (χ1v) is 5.62. The topological polar surface area (TPSA) is 42.8 Å². The molecule has 2 rings (SSSR count). The summed E-state index contributed by atoms with van der Waals surface area (Å²) in [6.45, 7) is 0. The molecule has 0 amide bonds. The van der Waals surface area contributed by atoms with Crippen LogP contribution in [0.15, 0.2) is 36.5 Å². The summed E-state index contributed by atoms with van der Waals surface area (Å²) < 4.78 is 12.8. The average molecular weight is 243 g/mol. The van der Waals surface area contributed by atoms with Crippen molar-refractivity contribution in [2.75, 3.05) is 14.1 Å². The van der Waals surface area contributed by atoms with Gasteiger partial charge in [-0.25, -0.2) is 4.39 Å². The highest BCUT2D eigenvalue weighted by molar-refractivity contribution is 5.60. The molecule has 0 fully saturated rings. The summed E-state index contributed by atoms with van der Waals surface area (Å²) in [5.74, 6) is -0.256. The number of H-pyrrole nitrogens is 1. The fourth-order valence-electron chi connectivity index (χ4n) is 1.85. The molecule has 0 radical (unpaired) electrons. The summed E-state index contributed by atoms with van der Waals surface area (Å²) in [6, 6.07) is 10.1. The van der Waals surface area contributed by atoms with Gasteiger partial charge in [0.2, 0.25) is 0 Å². The van der Waals surface area contributed by atoms with Gasteiger partial charge < -0.3 is 4.98 Å². The summed E-state index contributed by atoms with van der Waals surface area (Å²) in [5, 5.41) is 9.11. The molecule has 1 aromatic heterocycles. The van der Waals surface area contributed by atoms with Crippen LogP contribution in [0.2, 0.25) is 0 Å². The second kappa shape index (κ2) is 5.03. The maximum atomic E-state index is 12.8. The first kappa shape index (κ1) is 12.3. The van der Waals surface area contributed by atoms with Gasteiger partial charge in [-0.05, 0) is 50.0 Å². The summed E-state index contributed by atoms with van der Waals surface area (Å²) in [5.41, 5.74) is 2.69. The fourth-order valence-corrected chi connectivity index (χ4v) is 1.85. The summed E-state index contributed by atoms with van der Waals surface area (Å²) in [6.07, 6.45) is 1.81. The Morgan fingerprint density at radius 2 is 1.94 bits per heavy atom. The molecular weight excluding hydrogens is 229 g/mol. The van der Waals surface area contributed by atoms with Crippen LogP contribution in [-0.4, -0.2) is 24.0 Å². The Morgan fingerprint density at radius 3 is 2.50 bits per heavy atom. The highest BCUT2D eigenvalue weighted by atomic mass is 19.1. The van der Waals surface area contributed by atoms with Gasteiger partial charge in [-0.15, -0.1) is 0 Å². The van der Waals surface area contributed by atoms with Crippen molar-refractivity contribution in [1.29, 1.82) is 5.26 Å². The zero-order chi connectivity index (χ0) is 13.1. The Labute approximate surface area is 105 Å². The number of nitrogens with one attached hydrogen (secondary N) is 1. The monoisotopic (exact) mass is 243 g/mol. The lowest BCUT2D eigenvalue weighted by Gasteiger charge is -2.15. The maximum absolute atomic E-state index is 12.8. The van der Waals surface area contributed by atoms with Crippen LogP contribution < -0.4 is 0 Å². The minimum atomic E-state index is -0.282. The third-order valence-electron chi connectivity index (χ3n) is 2.81. The van der Waals surface area contributed by atoms with Crippen LogP contribution >= 0.6 is 0 Å². The summed E-state index contributed by atoms with van der Waals surface area (Å²) in [7, 11) is 3.72. The van der Waals surface area contributed by atoms with E-state index < -0.39 is 0 Å². The summed E-state index contributed by atoms with van der Waals surface area (Å²) in [4.78, 5) is 4.96. The number of hydrogen-bond donors (Lipinski definition) is 1. The minimum absolute atomic E-state index is 0.256. The summed E-state index contributed by atoms with van der Waals surface area (Å²) >= 11 is 0. The molecule has 1 aromatic carbocycles. The third-order valence-corrected chi connectivity index (χ3v) is 2.81. The van der Waals surface area contributed by atoms with Crippen LogP contribution in [0.1, 0.15) is 11.6 Å². The van der Waals surface area contributed by atoms with E-state index in [2.05, 4.69) is 11.1 Å². The number of nitrogens with zero attached hydrogens (tertiary/aromatic N) is 2. The van der Waals surface area contributed by atoms with Crippen LogP contribution in [0.25, 0.3) is 11.3 Å². The van der Waals surface area contributed by atoms with E-state index in [0.717, 1.165) is 16.8 Å². The normalized spacial score (nSPS) is 12.4. The molecule has 0 saturated heterocycles. The van der Waals surface area contributed by atoms with Gasteiger partial charge in [0.1, 0.15) is 11.9 Å². The molecule has 0 saturated carbocycles. The molecule has 18 heavy (non-hydrogen) atoms. The molecule has 1 atom stereocenters. The van der Waals surface area contributed by atoms with Gasteiger partial charge in [-0.3, -0.25) is 4.90 Å². The molecule has 0 bridgehead atoms. The van der Waals surface area contributed by atoms with Gasteiger partial charge in [-0.2, -0.15) is 5.26 Å². The van der Waals surface area contributed by atoms with E-state index in [4.69, 9.17) is 5.26 Å². The lowest BCUT2D eigenvalue weighted by molar-refractivity contribution is 0.358. The SMILES string of the molecule is CN(C)C(C#N)c1c[nH]c(-c2ccc(F)cc2)c1. The predicted molar refractivity (Wildman–Crippen MR) is 68.2 cm³/mol. The fraction of sp³-hybridized carbons (Fsp3) is 0.214. The molecule has 4 heteroatoms. The van der Waals surface area contributed by atoms with E-state index in [1.54, 1.807) is 12.1 Å². The van der Waals surface area contributed by atoms with E-state index in [1.165, 1.54) is 12.1 Å². The number of rotatable bonds is 3. The van der Waals surface area contributed by atoms with Gasteiger partial charge in [0.25, 0.3) is 0 Å². The molecule has 1 heterocycles. The van der Waals surface area contributed by atoms with E-state index in [-0.39, 0.29) is 11.9 Å². The van der Waals surface area contributed by atoms with Crippen molar-refractivity contribution < 1.29 is 4.39 Å².